The molecule has 4 nitrogen and oxygen atoms in total. The fourth-order valence-corrected chi connectivity index (χ4v) is 1.97. The monoisotopic (exact) mass is 356 g/mol. The van der Waals surface area contributed by atoms with Crippen molar-refractivity contribution in [3.63, 3.8) is 0 Å². The molecule has 0 aromatic heterocycles. The van der Waals surface area contributed by atoms with E-state index in [0.717, 1.165) is 29.8 Å². The summed E-state index contributed by atoms with van der Waals surface area (Å²) in [6.07, 6.45) is -4.47. The van der Waals surface area contributed by atoms with Gasteiger partial charge in [-0.3, -0.25) is 9.59 Å². The molecule has 0 fully saturated rings. The quantitative estimate of drug-likeness (QED) is 0.790. The minimum absolute atomic E-state index is 0.0742. The summed E-state index contributed by atoms with van der Waals surface area (Å²) in [4.78, 5) is 23.6. The van der Waals surface area contributed by atoms with Crippen LogP contribution in [0.2, 0.25) is 5.02 Å². The molecule has 2 rings (SSSR count). The van der Waals surface area contributed by atoms with Crippen LogP contribution in [-0.4, -0.2) is 11.8 Å². The fourth-order valence-electron chi connectivity index (χ4n) is 1.79. The Morgan fingerprint density at radius 1 is 0.917 bits per heavy atom. The molecule has 0 atom stereocenters. The van der Waals surface area contributed by atoms with Crippen LogP contribution in [0.25, 0.3) is 0 Å². The van der Waals surface area contributed by atoms with E-state index in [1.807, 2.05) is 0 Å². The van der Waals surface area contributed by atoms with Gasteiger partial charge in [0.25, 0.3) is 0 Å². The lowest BCUT2D eigenvalue weighted by molar-refractivity contribution is -0.137. The van der Waals surface area contributed by atoms with Gasteiger partial charge in [-0.1, -0.05) is 17.7 Å². The van der Waals surface area contributed by atoms with Gasteiger partial charge < -0.3 is 10.6 Å². The Balaban J connectivity index is 2.01. The molecule has 0 aliphatic carbocycles. The van der Waals surface area contributed by atoms with E-state index in [4.69, 9.17) is 11.6 Å². The number of rotatable bonds is 2. The first kappa shape index (κ1) is 17.8. The van der Waals surface area contributed by atoms with Gasteiger partial charge in [0, 0.05) is 16.4 Å². The van der Waals surface area contributed by atoms with Crippen molar-refractivity contribution >= 4 is 34.8 Å². The van der Waals surface area contributed by atoms with E-state index < -0.39 is 23.6 Å². The molecule has 2 N–H and O–H groups in total. The van der Waals surface area contributed by atoms with Crippen LogP contribution in [0.15, 0.2) is 42.5 Å². The molecule has 0 heterocycles. The van der Waals surface area contributed by atoms with Gasteiger partial charge in [0.05, 0.1) is 5.56 Å². The molecule has 2 amide bonds. The highest BCUT2D eigenvalue weighted by molar-refractivity contribution is 6.43. The predicted molar refractivity (Wildman–Crippen MR) is 84.9 cm³/mol. The molecule has 0 unspecified atom stereocenters. The third kappa shape index (κ3) is 4.48. The number of anilines is 2. The first-order valence-corrected chi connectivity index (χ1v) is 7.10. The van der Waals surface area contributed by atoms with E-state index in [1.54, 1.807) is 19.1 Å². The predicted octanol–water partition coefficient (Wildman–Crippen LogP) is 4.24. The summed E-state index contributed by atoms with van der Waals surface area (Å²) in [5, 5.41) is 4.99. The van der Waals surface area contributed by atoms with Crippen LogP contribution in [0.4, 0.5) is 24.5 Å². The molecule has 24 heavy (non-hydrogen) atoms. The molecular weight excluding hydrogens is 345 g/mol. The summed E-state index contributed by atoms with van der Waals surface area (Å²) in [6, 6.07) is 8.49. The Kier molecular flexibility index (Phi) is 5.14. The van der Waals surface area contributed by atoms with Crippen molar-refractivity contribution in [2.75, 3.05) is 10.6 Å². The van der Waals surface area contributed by atoms with Crippen molar-refractivity contribution in [1.29, 1.82) is 0 Å². The van der Waals surface area contributed by atoms with Crippen LogP contribution >= 0.6 is 11.6 Å². The standard InChI is InChI=1S/C16H12ClF3N2O2/c1-9-2-5-12(8-13(9)17)22-15(24)14(23)21-11-6-3-10(4-7-11)16(18,19)20/h2-8H,1H3,(H,21,23)(H,22,24). The molecule has 0 bridgehead atoms. The first-order chi connectivity index (χ1) is 11.2. The Bertz CT molecular complexity index is 774. The fraction of sp³-hybridized carbons (Fsp3) is 0.125. The van der Waals surface area contributed by atoms with E-state index in [-0.39, 0.29) is 5.69 Å². The maximum atomic E-state index is 12.5. The van der Waals surface area contributed by atoms with Crippen molar-refractivity contribution in [2.45, 2.75) is 13.1 Å². The third-order valence-electron chi connectivity index (χ3n) is 3.11. The van der Waals surface area contributed by atoms with Crippen LogP contribution < -0.4 is 10.6 Å². The van der Waals surface area contributed by atoms with Crippen molar-refractivity contribution in [1.82, 2.24) is 0 Å². The molecule has 126 valence electrons. The van der Waals surface area contributed by atoms with Crippen LogP contribution in [-0.2, 0) is 15.8 Å². The maximum absolute atomic E-state index is 12.5. The zero-order valence-electron chi connectivity index (χ0n) is 12.4. The second kappa shape index (κ2) is 6.92. The molecule has 2 aromatic rings. The van der Waals surface area contributed by atoms with Gasteiger partial charge in [0.15, 0.2) is 0 Å². The molecule has 0 spiro atoms. The van der Waals surface area contributed by atoms with Crippen molar-refractivity contribution < 1.29 is 22.8 Å². The highest BCUT2D eigenvalue weighted by Gasteiger charge is 2.30. The van der Waals surface area contributed by atoms with Gasteiger partial charge in [-0.05, 0) is 48.9 Å². The Labute approximate surface area is 140 Å². The van der Waals surface area contributed by atoms with E-state index in [1.165, 1.54) is 6.07 Å². The Morgan fingerprint density at radius 2 is 1.42 bits per heavy atom. The number of aryl methyl sites for hydroxylation is 1. The van der Waals surface area contributed by atoms with Gasteiger partial charge in [0.2, 0.25) is 0 Å². The summed E-state index contributed by atoms with van der Waals surface area (Å²) in [6.45, 7) is 1.78. The number of alkyl halides is 3. The minimum Gasteiger partial charge on any atom is -0.318 e. The lowest BCUT2D eigenvalue weighted by atomic mass is 10.2. The van der Waals surface area contributed by atoms with Crippen molar-refractivity contribution in [2.24, 2.45) is 0 Å². The number of hydrogen-bond acceptors (Lipinski definition) is 2. The minimum atomic E-state index is -4.47. The first-order valence-electron chi connectivity index (χ1n) is 6.72. The molecule has 0 radical (unpaired) electrons. The largest absolute Gasteiger partial charge is 0.416 e. The van der Waals surface area contributed by atoms with Crippen LogP contribution in [0.5, 0.6) is 0 Å². The normalized spacial score (nSPS) is 11.0. The summed E-state index contributed by atoms with van der Waals surface area (Å²) in [7, 11) is 0. The molecule has 0 saturated carbocycles. The van der Waals surface area contributed by atoms with E-state index in [9.17, 15) is 22.8 Å². The average molecular weight is 357 g/mol. The summed E-state index contributed by atoms with van der Waals surface area (Å²) in [5.41, 5.74) is 0.367. The highest BCUT2D eigenvalue weighted by atomic mass is 35.5. The second-order valence-electron chi connectivity index (χ2n) is 4.95. The number of halogens is 4. The molecule has 0 saturated heterocycles. The van der Waals surface area contributed by atoms with E-state index >= 15 is 0 Å². The smallest absolute Gasteiger partial charge is 0.318 e. The number of amides is 2. The van der Waals surface area contributed by atoms with Gasteiger partial charge in [0.1, 0.15) is 0 Å². The number of carbonyl (C=O) groups excluding carboxylic acids is 2. The second-order valence-corrected chi connectivity index (χ2v) is 5.35. The molecule has 2 aromatic carbocycles. The molecular formula is C16H12ClF3N2O2. The van der Waals surface area contributed by atoms with Crippen molar-refractivity contribution in [3.8, 4) is 0 Å². The Hall–Kier alpha value is -2.54. The van der Waals surface area contributed by atoms with Crippen LogP contribution in [0.3, 0.4) is 0 Å². The SMILES string of the molecule is Cc1ccc(NC(=O)C(=O)Nc2ccc(C(F)(F)F)cc2)cc1Cl. The average Bonchev–Trinajstić information content (AvgIpc) is 2.50. The molecule has 0 aliphatic rings. The lowest BCUT2D eigenvalue weighted by Gasteiger charge is -2.09. The van der Waals surface area contributed by atoms with Crippen LogP contribution in [0, 0.1) is 6.92 Å². The highest BCUT2D eigenvalue weighted by Crippen LogP contribution is 2.29. The van der Waals surface area contributed by atoms with Crippen molar-refractivity contribution in [3.05, 3.63) is 58.6 Å². The maximum Gasteiger partial charge on any atom is 0.416 e. The number of carbonyl (C=O) groups is 2. The zero-order chi connectivity index (χ0) is 17.9. The van der Waals surface area contributed by atoms with Gasteiger partial charge >= 0.3 is 18.0 Å². The number of hydrogen-bond donors (Lipinski definition) is 2. The molecule has 8 heteroatoms. The number of benzene rings is 2. The number of nitrogens with one attached hydrogen (secondary N) is 2. The summed E-state index contributed by atoms with van der Waals surface area (Å²) >= 11 is 5.91. The van der Waals surface area contributed by atoms with Gasteiger partial charge in [-0.25, -0.2) is 0 Å². The van der Waals surface area contributed by atoms with Gasteiger partial charge in [-0.15, -0.1) is 0 Å². The Morgan fingerprint density at radius 3 is 1.92 bits per heavy atom. The van der Waals surface area contributed by atoms with E-state index in [2.05, 4.69) is 10.6 Å². The van der Waals surface area contributed by atoms with E-state index in [0.29, 0.717) is 10.7 Å². The topological polar surface area (TPSA) is 58.2 Å². The zero-order valence-corrected chi connectivity index (χ0v) is 13.1. The molecule has 0 aliphatic heterocycles. The lowest BCUT2D eigenvalue weighted by Crippen LogP contribution is -2.29. The summed E-state index contributed by atoms with van der Waals surface area (Å²) < 4.78 is 37.4. The summed E-state index contributed by atoms with van der Waals surface area (Å²) in [5.74, 6) is -1.97. The van der Waals surface area contributed by atoms with Crippen LogP contribution in [0.1, 0.15) is 11.1 Å². The third-order valence-corrected chi connectivity index (χ3v) is 3.51. The van der Waals surface area contributed by atoms with Gasteiger partial charge in [-0.2, -0.15) is 13.2 Å².